The van der Waals surface area contributed by atoms with Crippen molar-refractivity contribution in [2.75, 3.05) is 12.5 Å². The second kappa shape index (κ2) is 9.39. The van der Waals surface area contributed by atoms with Crippen LogP contribution in [-0.4, -0.2) is 23.0 Å². The van der Waals surface area contributed by atoms with Crippen LogP contribution in [0.3, 0.4) is 0 Å². The van der Waals surface area contributed by atoms with Crippen LogP contribution in [0.1, 0.15) is 20.8 Å². The smallest absolute Gasteiger partial charge is 0.212 e. The molecule has 1 aromatic carbocycles. The highest BCUT2D eigenvalue weighted by atomic mass is 19.1. The summed E-state index contributed by atoms with van der Waals surface area (Å²) in [6.07, 6.45) is 4.05. The van der Waals surface area contributed by atoms with Crippen molar-refractivity contribution in [2.45, 2.75) is 20.8 Å². The van der Waals surface area contributed by atoms with Crippen LogP contribution in [0.15, 0.2) is 42.7 Å². The third kappa shape index (κ3) is 4.16. The number of hydrogen-bond acceptors (Lipinski definition) is 2. The molecular formula is C18H23F2N3O. The summed E-state index contributed by atoms with van der Waals surface area (Å²) in [5.74, 6) is 0.207. The number of hydrogen-bond donors (Lipinski definition) is 1. The number of rotatable bonds is 3. The summed E-state index contributed by atoms with van der Waals surface area (Å²) < 4.78 is 25.2. The Morgan fingerprint density at radius 3 is 2.50 bits per heavy atom. The molecule has 2 heterocycles. The molecule has 0 atom stereocenters. The van der Waals surface area contributed by atoms with Crippen LogP contribution in [0.2, 0.25) is 0 Å². The number of aryl methyl sites for hydroxylation is 1. The minimum absolute atomic E-state index is 0. The molecule has 0 aliphatic rings. The molecule has 0 bridgehead atoms. The van der Waals surface area contributed by atoms with Crippen molar-refractivity contribution in [2.24, 2.45) is 0 Å². The molecule has 0 aliphatic heterocycles. The summed E-state index contributed by atoms with van der Waals surface area (Å²) >= 11 is 0. The number of halogens is 2. The molecular weight excluding hydrogens is 312 g/mol. The van der Waals surface area contributed by atoms with E-state index in [2.05, 4.69) is 10.3 Å². The molecule has 130 valence electrons. The number of imidazole rings is 1. The predicted molar refractivity (Wildman–Crippen MR) is 95.5 cm³/mol. The molecule has 0 saturated heterocycles. The van der Waals surface area contributed by atoms with Crippen LogP contribution in [0, 0.1) is 12.7 Å². The Balaban J connectivity index is 0.00000108. The predicted octanol–water partition coefficient (Wildman–Crippen LogP) is 4.88. The van der Waals surface area contributed by atoms with Crippen molar-refractivity contribution in [3.05, 3.63) is 54.1 Å². The number of pyridine rings is 1. The Bertz CT molecular complexity index is 786. The number of anilines is 1. The van der Waals surface area contributed by atoms with Crippen LogP contribution in [0.25, 0.3) is 16.8 Å². The van der Waals surface area contributed by atoms with Gasteiger partial charge < -0.3 is 9.72 Å². The highest BCUT2D eigenvalue weighted by Gasteiger charge is 2.09. The second-order valence-electron chi connectivity index (χ2n) is 4.50. The average Bonchev–Trinajstić information content (AvgIpc) is 3.00. The van der Waals surface area contributed by atoms with Gasteiger partial charge in [-0.3, -0.25) is 9.18 Å². The van der Waals surface area contributed by atoms with Crippen molar-refractivity contribution >= 4 is 17.9 Å². The lowest BCUT2D eigenvalue weighted by Crippen LogP contribution is -1.92. The monoisotopic (exact) mass is 335 g/mol. The summed E-state index contributed by atoms with van der Waals surface area (Å²) in [5.41, 5.74) is 2.90. The Kier molecular flexibility index (Phi) is 7.55. The maximum atomic E-state index is 14.0. The van der Waals surface area contributed by atoms with Gasteiger partial charge in [-0.25, -0.2) is 9.37 Å². The molecule has 0 fully saturated rings. The largest absolute Gasteiger partial charge is 0.312 e. The lowest BCUT2D eigenvalue weighted by atomic mass is 10.0. The van der Waals surface area contributed by atoms with E-state index in [-0.39, 0.29) is 7.24 Å². The molecule has 1 N–H and O–H groups in total. The topological polar surface area (TPSA) is 46.4 Å². The Labute approximate surface area is 141 Å². The zero-order valence-corrected chi connectivity index (χ0v) is 14.2. The van der Waals surface area contributed by atoms with E-state index >= 15 is 0 Å². The van der Waals surface area contributed by atoms with E-state index in [1.165, 1.54) is 6.07 Å². The minimum Gasteiger partial charge on any atom is -0.312 e. The van der Waals surface area contributed by atoms with Gasteiger partial charge in [-0.1, -0.05) is 26.0 Å². The third-order valence-corrected chi connectivity index (χ3v) is 3.17. The van der Waals surface area contributed by atoms with Gasteiger partial charge in [-0.05, 0) is 30.7 Å². The highest BCUT2D eigenvalue weighted by Crippen LogP contribution is 2.27. The number of amides is 1. The first-order valence-electron chi connectivity index (χ1n) is 7.51. The van der Waals surface area contributed by atoms with E-state index in [1.54, 1.807) is 28.9 Å². The van der Waals surface area contributed by atoms with E-state index in [4.69, 9.17) is 0 Å². The molecule has 2 aromatic heterocycles. The van der Waals surface area contributed by atoms with Crippen LogP contribution in [-0.2, 0) is 4.79 Å². The number of nitrogens with one attached hydrogen (secondary N) is 1. The van der Waals surface area contributed by atoms with Gasteiger partial charge in [0.2, 0.25) is 6.41 Å². The second-order valence-corrected chi connectivity index (χ2v) is 4.50. The van der Waals surface area contributed by atoms with Crippen molar-refractivity contribution in [1.82, 2.24) is 9.38 Å². The molecule has 1 amide bonds. The van der Waals surface area contributed by atoms with Crippen LogP contribution in [0.4, 0.5) is 14.6 Å². The Morgan fingerprint density at radius 1 is 1.17 bits per heavy atom. The SMILES string of the molecule is CC.CF.Cc1cccc(F)c1-c1ccc2nc(NC=O)cn2c1.[HH]. The lowest BCUT2D eigenvalue weighted by Gasteiger charge is -2.07. The van der Waals surface area contributed by atoms with E-state index in [0.29, 0.717) is 30.6 Å². The summed E-state index contributed by atoms with van der Waals surface area (Å²) in [4.78, 5) is 14.6. The molecule has 0 unspecified atom stereocenters. The maximum Gasteiger partial charge on any atom is 0.212 e. The van der Waals surface area contributed by atoms with Crippen LogP contribution >= 0.6 is 0 Å². The fraction of sp³-hybridized carbons (Fsp3) is 0.222. The summed E-state index contributed by atoms with van der Waals surface area (Å²) in [5, 5.41) is 2.49. The van der Waals surface area contributed by atoms with Gasteiger partial charge >= 0.3 is 0 Å². The van der Waals surface area contributed by atoms with Gasteiger partial charge in [0.05, 0.1) is 13.4 Å². The molecule has 0 saturated carbocycles. The molecule has 0 radical (unpaired) electrons. The first-order chi connectivity index (χ1) is 11.7. The Hall–Kier alpha value is -2.76. The van der Waals surface area contributed by atoms with Gasteiger partial charge in [0.1, 0.15) is 11.5 Å². The molecule has 0 spiro atoms. The molecule has 4 nitrogen and oxygen atoms in total. The number of carbonyl (C=O) groups is 1. The molecule has 6 heteroatoms. The Morgan fingerprint density at radius 2 is 1.88 bits per heavy atom. The fourth-order valence-electron chi connectivity index (χ4n) is 2.27. The summed E-state index contributed by atoms with van der Waals surface area (Å²) in [7, 11) is 0.500. The lowest BCUT2D eigenvalue weighted by molar-refractivity contribution is -0.105. The van der Waals surface area contributed by atoms with E-state index in [0.717, 1.165) is 11.1 Å². The molecule has 24 heavy (non-hydrogen) atoms. The van der Waals surface area contributed by atoms with Crippen LogP contribution in [0.5, 0.6) is 0 Å². The normalized spacial score (nSPS) is 9.42. The number of nitrogens with zero attached hydrogens (tertiary/aromatic N) is 2. The summed E-state index contributed by atoms with van der Waals surface area (Å²) in [6.45, 7) is 5.87. The molecule has 3 aromatic rings. The first-order valence-corrected chi connectivity index (χ1v) is 7.51. The van der Waals surface area contributed by atoms with Gasteiger partial charge in [0.15, 0.2) is 5.82 Å². The van der Waals surface area contributed by atoms with Gasteiger partial charge in [0.25, 0.3) is 0 Å². The maximum absolute atomic E-state index is 14.0. The van der Waals surface area contributed by atoms with E-state index < -0.39 is 0 Å². The van der Waals surface area contributed by atoms with Gasteiger partial charge in [0, 0.05) is 18.8 Å². The van der Waals surface area contributed by atoms with Crippen LogP contribution < -0.4 is 5.32 Å². The van der Waals surface area contributed by atoms with Crippen molar-refractivity contribution in [3.63, 3.8) is 0 Å². The van der Waals surface area contributed by atoms with Crippen molar-refractivity contribution in [1.29, 1.82) is 0 Å². The van der Waals surface area contributed by atoms with E-state index in [1.807, 2.05) is 32.9 Å². The quantitative estimate of drug-likeness (QED) is 0.694. The zero-order valence-electron chi connectivity index (χ0n) is 14.2. The number of fused-ring (bicyclic) bond motifs is 1. The number of aromatic nitrogens is 2. The fourth-order valence-corrected chi connectivity index (χ4v) is 2.27. The van der Waals surface area contributed by atoms with Gasteiger partial charge in [-0.15, -0.1) is 0 Å². The minimum atomic E-state index is -0.254. The van der Waals surface area contributed by atoms with Crippen molar-refractivity contribution in [3.8, 4) is 11.1 Å². The number of benzene rings is 1. The zero-order chi connectivity index (χ0) is 18.1. The molecule has 3 rings (SSSR count). The number of carbonyl (C=O) groups excluding carboxylic acids is 1. The van der Waals surface area contributed by atoms with Gasteiger partial charge in [-0.2, -0.15) is 0 Å². The molecule has 0 aliphatic carbocycles. The first kappa shape index (κ1) is 19.3. The standard InChI is InChI=1S/C15H12FN3O.C2H6.CH3F.H2/c1-10-3-2-4-12(16)15(10)11-5-6-14-18-13(17-9-20)8-19(14)7-11;2*1-2;/h2-9H,1H3,(H,17,20);1-2H3;1H3;1H. The average molecular weight is 335 g/mol. The van der Waals surface area contributed by atoms with E-state index in [9.17, 15) is 13.6 Å². The van der Waals surface area contributed by atoms with Crippen molar-refractivity contribution < 1.29 is 15.0 Å². The summed E-state index contributed by atoms with van der Waals surface area (Å²) in [6, 6.07) is 8.61. The third-order valence-electron chi connectivity index (χ3n) is 3.17. The highest BCUT2D eigenvalue weighted by molar-refractivity contribution is 5.72. The number of alkyl halides is 1.